The lowest BCUT2D eigenvalue weighted by molar-refractivity contribution is 0.102. The molecule has 2 aromatic carbocycles. The topological polar surface area (TPSA) is 73.3 Å². The van der Waals surface area contributed by atoms with E-state index in [0.717, 1.165) is 16.5 Å². The van der Waals surface area contributed by atoms with Crippen molar-refractivity contribution >= 4 is 22.6 Å². The Morgan fingerprint density at radius 3 is 2.45 bits per heavy atom. The number of nitrogens with one attached hydrogen (secondary N) is 1. The second kappa shape index (κ2) is 7.98. The zero-order valence-electron chi connectivity index (χ0n) is 16.0. The Hall–Kier alpha value is -3.93. The fourth-order valence-electron chi connectivity index (χ4n) is 3.13. The van der Waals surface area contributed by atoms with Crippen molar-refractivity contribution in [2.45, 2.75) is 0 Å². The van der Waals surface area contributed by atoms with Crippen LogP contribution in [0.25, 0.3) is 22.2 Å². The summed E-state index contributed by atoms with van der Waals surface area (Å²) in [5.41, 5.74) is 2.73. The smallest absolute Gasteiger partial charge is 0.257 e. The maximum Gasteiger partial charge on any atom is 0.257 e. The van der Waals surface area contributed by atoms with E-state index in [2.05, 4.69) is 10.3 Å². The summed E-state index contributed by atoms with van der Waals surface area (Å²) in [5, 5.41) is 3.62. The second-order valence-electron chi connectivity index (χ2n) is 6.31. The molecular weight excluding hydrogens is 366 g/mol. The highest BCUT2D eigenvalue weighted by atomic mass is 16.5. The first-order valence-corrected chi connectivity index (χ1v) is 9.04. The maximum atomic E-state index is 13.0. The maximum absolute atomic E-state index is 13.0. The monoisotopic (exact) mass is 385 g/mol. The first kappa shape index (κ1) is 18.4. The standard InChI is InChI=1S/C23H19N3O3/c1-28-20-11-10-15(13-21(20)29-2)19-14-17(16-7-3-4-8-18(16)25-19)23(27)26-22-9-5-6-12-24-22/h3-14H,1-2H3,(H,24,26,27). The summed E-state index contributed by atoms with van der Waals surface area (Å²) in [5.74, 6) is 1.47. The van der Waals surface area contributed by atoms with E-state index < -0.39 is 0 Å². The molecule has 0 aliphatic heterocycles. The fourth-order valence-corrected chi connectivity index (χ4v) is 3.13. The molecule has 4 rings (SSSR count). The van der Waals surface area contributed by atoms with Crippen LogP contribution in [-0.4, -0.2) is 30.1 Å². The number of carbonyl (C=O) groups is 1. The Kier molecular flexibility index (Phi) is 5.07. The van der Waals surface area contributed by atoms with Crippen molar-refractivity contribution in [2.75, 3.05) is 19.5 Å². The zero-order chi connectivity index (χ0) is 20.2. The van der Waals surface area contributed by atoms with Gasteiger partial charge in [-0.2, -0.15) is 0 Å². The minimum Gasteiger partial charge on any atom is -0.493 e. The number of nitrogens with zero attached hydrogens (tertiary/aromatic N) is 2. The summed E-state index contributed by atoms with van der Waals surface area (Å²) in [6.07, 6.45) is 1.63. The number of benzene rings is 2. The van der Waals surface area contributed by atoms with Crippen LogP contribution in [0.4, 0.5) is 5.82 Å². The summed E-state index contributed by atoms with van der Waals surface area (Å²) in [6.45, 7) is 0. The van der Waals surface area contributed by atoms with E-state index in [0.29, 0.717) is 28.6 Å². The minimum atomic E-state index is -0.246. The minimum absolute atomic E-state index is 0.246. The third-order valence-electron chi connectivity index (χ3n) is 4.55. The van der Waals surface area contributed by atoms with Gasteiger partial charge >= 0.3 is 0 Å². The molecule has 0 aliphatic carbocycles. The number of fused-ring (bicyclic) bond motifs is 1. The molecule has 144 valence electrons. The summed E-state index contributed by atoms with van der Waals surface area (Å²) < 4.78 is 10.7. The summed E-state index contributed by atoms with van der Waals surface area (Å²) in [6, 6.07) is 20.2. The Morgan fingerprint density at radius 1 is 0.897 bits per heavy atom. The summed E-state index contributed by atoms with van der Waals surface area (Å²) in [7, 11) is 3.17. The van der Waals surface area contributed by atoms with Crippen LogP contribution in [0.2, 0.25) is 0 Å². The lowest BCUT2D eigenvalue weighted by Crippen LogP contribution is -2.14. The molecule has 0 atom stereocenters. The number of hydrogen-bond acceptors (Lipinski definition) is 5. The van der Waals surface area contributed by atoms with E-state index in [4.69, 9.17) is 14.5 Å². The molecular formula is C23H19N3O3. The van der Waals surface area contributed by atoms with Gasteiger partial charge in [0, 0.05) is 17.1 Å². The fraction of sp³-hybridized carbons (Fsp3) is 0.0870. The predicted octanol–water partition coefficient (Wildman–Crippen LogP) is 4.57. The number of hydrogen-bond donors (Lipinski definition) is 1. The molecule has 0 bridgehead atoms. The van der Waals surface area contributed by atoms with Gasteiger partial charge in [0.15, 0.2) is 11.5 Å². The molecule has 1 N–H and O–H groups in total. The van der Waals surface area contributed by atoms with Crippen molar-refractivity contribution in [3.05, 3.63) is 78.5 Å². The predicted molar refractivity (Wildman–Crippen MR) is 112 cm³/mol. The summed E-state index contributed by atoms with van der Waals surface area (Å²) >= 11 is 0. The van der Waals surface area contributed by atoms with E-state index in [1.54, 1.807) is 38.6 Å². The molecule has 4 aromatic rings. The Bertz CT molecular complexity index is 1180. The third kappa shape index (κ3) is 3.73. The van der Waals surface area contributed by atoms with E-state index in [-0.39, 0.29) is 5.91 Å². The SMILES string of the molecule is COc1ccc(-c2cc(C(=O)Nc3ccccn3)c3ccccc3n2)cc1OC. The average molecular weight is 385 g/mol. The average Bonchev–Trinajstić information content (AvgIpc) is 2.78. The lowest BCUT2D eigenvalue weighted by Gasteiger charge is -2.12. The number of aromatic nitrogens is 2. The van der Waals surface area contributed by atoms with Gasteiger partial charge < -0.3 is 14.8 Å². The van der Waals surface area contributed by atoms with Crippen LogP contribution in [0.5, 0.6) is 11.5 Å². The van der Waals surface area contributed by atoms with Crippen molar-refractivity contribution < 1.29 is 14.3 Å². The Morgan fingerprint density at radius 2 is 1.69 bits per heavy atom. The highest BCUT2D eigenvalue weighted by molar-refractivity contribution is 6.12. The number of amides is 1. The second-order valence-corrected chi connectivity index (χ2v) is 6.31. The number of rotatable bonds is 5. The molecule has 6 heteroatoms. The van der Waals surface area contributed by atoms with Gasteiger partial charge in [-0.15, -0.1) is 0 Å². The first-order chi connectivity index (χ1) is 14.2. The van der Waals surface area contributed by atoms with E-state index in [9.17, 15) is 4.79 Å². The van der Waals surface area contributed by atoms with Crippen molar-refractivity contribution in [1.82, 2.24) is 9.97 Å². The largest absolute Gasteiger partial charge is 0.493 e. The van der Waals surface area contributed by atoms with Gasteiger partial charge in [-0.1, -0.05) is 24.3 Å². The highest BCUT2D eigenvalue weighted by Crippen LogP contribution is 2.33. The molecule has 0 spiro atoms. The van der Waals surface area contributed by atoms with Crippen molar-refractivity contribution in [2.24, 2.45) is 0 Å². The number of ether oxygens (including phenoxy) is 2. The molecule has 29 heavy (non-hydrogen) atoms. The van der Waals surface area contributed by atoms with Crippen molar-refractivity contribution in [3.8, 4) is 22.8 Å². The number of carbonyl (C=O) groups excluding carboxylic acids is 1. The van der Waals surface area contributed by atoms with Gasteiger partial charge in [0.2, 0.25) is 0 Å². The third-order valence-corrected chi connectivity index (χ3v) is 4.55. The van der Waals surface area contributed by atoms with Gasteiger partial charge in [0.05, 0.1) is 31.0 Å². The Labute approximate surface area is 168 Å². The van der Waals surface area contributed by atoms with Gasteiger partial charge in [-0.25, -0.2) is 9.97 Å². The number of anilines is 1. The molecule has 1 amide bonds. The van der Waals surface area contributed by atoms with E-state index >= 15 is 0 Å². The number of para-hydroxylation sites is 1. The van der Waals surface area contributed by atoms with Crippen molar-refractivity contribution in [1.29, 1.82) is 0 Å². The Balaban J connectivity index is 1.82. The normalized spacial score (nSPS) is 10.6. The molecule has 0 aliphatic rings. The van der Waals surface area contributed by atoms with E-state index in [1.165, 1.54) is 0 Å². The molecule has 0 fully saturated rings. The van der Waals surface area contributed by atoms with Crippen LogP contribution >= 0.6 is 0 Å². The molecule has 0 saturated heterocycles. The quantitative estimate of drug-likeness (QED) is 0.545. The molecule has 0 radical (unpaired) electrons. The molecule has 0 saturated carbocycles. The molecule has 2 aromatic heterocycles. The van der Waals surface area contributed by atoms with Gasteiger partial charge in [-0.3, -0.25) is 4.79 Å². The van der Waals surface area contributed by atoms with Crippen LogP contribution in [0.3, 0.4) is 0 Å². The zero-order valence-corrected chi connectivity index (χ0v) is 16.0. The molecule has 6 nitrogen and oxygen atoms in total. The lowest BCUT2D eigenvalue weighted by atomic mass is 10.0. The van der Waals surface area contributed by atoms with Crippen LogP contribution in [0, 0.1) is 0 Å². The summed E-state index contributed by atoms with van der Waals surface area (Å²) in [4.78, 5) is 21.9. The van der Waals surface area contributed by atoms with E-state index in [1.807, 2.05) is 48.5 Å². The number of pyridine rings is 2. The van der Waals surface area contributed by atoms with Crippen LogP contribution in [-0.2, 0) is 0 Å². The molecule has 0 unspecified atom stereocenters. The molecule has 2 heterocycles. The first-order valence-electron chi connectivity index (χ1n) is 9.04. The van der Waals surface area contributed by atoms with Crippen molar-refractivity contribution in [3.63, 3.8) is 0 Å². The van der Waals surface area contributed by atoms with Crippen LogP contribution in [0.1, 0.15) is 10.4 Å². The van der Waals surface area contributed by atoms with Gasteiger partial charge in [0.1, 0.15) is 5.82 Å². The van der Waals surface area contributed by atoms with Gasteiger partial charge in [-0.05, 0) is 42.5 Å². The van der Waals surface area contributed by atoms with Crippen LogP contribution in [0.15, 0.2) is 72.9 Å². The van der Waals surface area contributed by atoms with Gasteiger partial charge in [0.25, 0.3) is 5.91 Å². The van der Waals surface area contributed by atoms with Crippen LogP contribution < -0.4 is 14.8 Å². The number of methoxy groups -OCH3 is 2. The highest BCUT2D eigenvalue weighted by Gasteiger charge is 2.15.